The molecule has 1 aliphatic heterocycles. The van der Waals surface area contributed by atoms with Crippen LogP contribution in [-0.2, 0) is 0 Å². The molecule has 3 aliphatic rings. The summed E-state index contributed by atoms with van der Waals surface area (Å²) in [7, 11) is 0. The Labute approximate surface area is 74.3 Å². The molecule has 1 N–H and O–H groups in total. The summed E-state index contributed by atoms with van der Waals surface area (Å²) in [6, 6.07) is 0.983. The molecule has 68 valence electrons. The van der Waals surface area contributed by atoms with Crippen LogP contribution in [0.2, 0.25) is 0 Å². The van der Waals surface area contributed by atoms with E-state index in [4.69, 9.17) is 0 Å². The third-order valence-corrected chi connectivity index (χ3v) is 3.93. The van der Waals surface area contributed by atoms with Gasteiger partial charge >= 0.3 is 0 Å². The van der Waals surface area contributed by atoms with Gasteiger partial charge in [-0.2, -0.15) is 0 Å². The lowest BCUT2D eigenvalue weighted by Gasteiger charge is -2.33. The standard InChI is InChI=1S/C10H18N2/c1-2-10(9-7-8(1)9)12-5-3-11-4-6-12/h8-11H,1-7H2. The maximum Gasteiger partial charge on any atom is 0.0127 e. The van der Waals surface area contributed by atoms with Crippen molar-refractivity contribution >= 4 is 0 Å². The Morgan fingerprint density at radius 3 is 2.50 bits per heavy atom. The van der Waals surface area contributed by atoms with E-state index < -0.39 is 0 Å². The topological polar surface area (TPSA) is 15.3 Å². The van der Waals surface area contributed by atoms with Gasteiger partial charge in [-0.25, -0.2) is 0 Å². The first kappa shape index (κ1) is 7.34. The molecule has 0 bridgehead atoms. The van der Waals surface area contributed by atoms with Crippen LogP contribution in [-0.4, -0.2) is 37.1 Å². The van der Waals surface area contributed by atoms with Crippen molar-refractivity contribution in [2.75, 3.05) is 26.2 Å². The molecule has 0 amide bonds. The van der Waals surface area contributed by atoms with E-state index >= 15 is 0 Å². The molecule has 2 aliphatic carbocycles. The van der Waals surface area contributed by atoms with Crippen LogP contribution in [0.25, 0.3) is 0 Å². The molecule has 0 spiro atoms. The quantitative estimate of drug-likeness (QED) is 0.616. The minimum absolute atomic E-state index is 0.983. The van der Waals surface area contributed by atoms with Crippen LogP contribution < -0.4 is 5.32 Å². The average molecular weight is 166 g/mol. The fraction of sp³-hybridized carbons (Fsp3) is 1.00. The molecular weight excluding hydrogens is 148 g/mol. The smallest absolute Gasteiger partial charge is 0.0127 e. The summed E-state index contributed by atoms with van der Waals surface area (Å²) in [6.45, 7) is 5.03. The van der Waals surface area contributed by atoms with E-state index in [1.807, 2.05) is 0 Å². The molecule has 2 saturated carbocycles. The molecule has 1 heterocycles. The van der Waals surface area contributed by atoms with Crippen molar-refractivity contribution in [2.24, 2.45) is 11.8 Å². The Hall–Kier alpha value is -0.0800. The summed E-state index contributed by atoms with van der Waals surface area (Å²) in [6.07, 6.45) is 4.57. The number of rotatable bonds is 1. The SMILES string of the molecule is C1CN(C2CCC3CC32)CCN1. The van der Waals surface area contributed by atoms with Gasteiger partial charge in [-0.15, -0.1) is 0 Å². The van der Waals surface area contributed by atoms with Crippen LogP contribution in [0.5, 0.6) is 0 Å². The molecule has 3 atom stereocenters. The van der Waals surface area contributed by atoms with Crippen molar-refractivity contribution in [3.05, 3.63) is 0 Å². The van der Waals surface area contributed by atoms with Gasteiger partial charge in [0.25, 0.3) is 0 Å². The van der Waals surface area contributed by atoms with E-state index in [-0.39, 0.29) is 0 Å². The second kappa shape index (κ2) is 2.71. The Balaban J connectivity index is 1.63. The third kappa shape index (κ3) is 1.09. The van der Waals surface area contributed by atoms with E-state index in [0.29, 0.717) is 0 Å². The highest BCUT2D eigenvalue weighted by atomic mass is 15.2. The third-order valence-electron chi connectivity index (χ3n) is 3.93. The largest absolute Gasteiger partial charge is 0.314 e. The van der Waals surface area contributed by atoms with Crippen molar-refractivity contribution in [3.8, 4) is 0 Å². The van der Waals surface area contributed by atoms with Gasteiger partial charge in [-0.05, 0) is 31.1 Å². The molecule has 0 aromatic carbocycles. The van der Waals surface area contributed by atoms with Crippen LogP contribution in [0.3, 0.4) is 0 Å². The minimum Gasteiger partial charge on any atom is -0.314 e. The van der Waals surface area contributed by atoms with E-state index in [1.54, 1.807) is 6.42 Å². The van der Waals surface area contributed by atoms with Gasteiger partial charge in [0.2, 0.25) is 0 Å². The average Bonchev–Trinajstić information content (AvgIpc) is 2.80. The number of hydrogen-bond acceptors (Lipinski definition) is 2. The molecule has 2 heteroatoms. The van der Waals surface area contributed by atoms with Crippen molar-refractivity contribution < 1.29 is 0 Å². The van der Waals surface area contributed by atoms with Crippen LogP contribution in [0.4, 0.5) is 0 Å². The van der Waals surface area contributed by atoms with E-state index in [1.165, 1.54) is 39.0 Å². The van der Waals surface area contributed by atoms with Crippen molar-refractivity contribution in [2.45, 2.75) is 25.3 Å². The summed E-state index contributed by atoms with van der Waals surface area (Å²) in [5, 5.41) is 3.42. The predicted octanol–water partition coefficient (Wildman–Crippen LogP) is 0.690. The fourth-order valence-corrected chi connectivity index (χ4v) is 3.14. The summed E-state index contributed by atoms with van der Waals surface area (Å²) in [5.74, 6) is 2.26. The lowest BCUT2D eigenvalue weighted by Crippen LogP contribution is -2.48. The van der Waals surface area contributed by atoms with Gasteiger partial charge < -0.3 is 5.32 Å². The van der Waals surface area contributed by atoms with E-state index in [2.05, 4.69) is 10.2 Å². The molecule has 3 rings (SSSR count). The van der Waals surface area contributed by atoms with Gasteiger partial charge in [0.15, 0.2) is 0 Å². The monoisotopic (exact) mass is 166 g/mol. The summed E-state index contributed by atoms with van der Waals surface area (Å²) in [4.78, 5) is 2.73. The van der Waals surface area contributed by atoms with Crippen molar-refractivity contribution in [3.63, 3.8) is 0 Å². The molecule has 0 aromatic rings. The zero-order chi connectivity index (χ0) is 7.97. The number of fused-ring (bicyclic) bond motifs is 1. The highest BCUT2D eigenvalue weighted by molar-refractivity contribution is 5.02. The molecule has 0 radical (unpaired) electrons. The Morgan fingerprint density at radius 2 is 1.92 bits per heavy atom. The van der Waals surface area contributed by atoms with Crippen molar-refractivity contribution in [1.29, 1.82) is 0 Å². The molecule has 0 aromatic heterocycles. The highest BCUT2D eigenvalue weighted by Gasteiger charge is 2.49. The van der Waals surface area contributed by atoms with Gasteiger partial charge in [0, 0.05) is 32.2 Å². The lowest BCUT2D eigenvalue weighted by atomic mass is 10.1. The maximum atomic E-state index is 3.42. The highest BCUT2D eigenvalue weighted by Crippen LogP contribution is 2.53. The second-order valence-electron chi connectivity index (χ2n) is 4.59. The molecule has 3 unspecified atom stereocenters. The van der Waals surface area contributed by atoms with Gasteiger partial charge in [0.05, 0.1) is 0 Å². The van der Waals surface area contributed by atoms with Crippen LogP contribution in [0.1, 0.15) is 19.3 Å². The number of hydrogen-bond donors (Lipinski definition) is 1. The zero-order valence-electron chi connectivity index (χ0n) is 7.63. The molecule has 12 heavy (non-hydrogen) atoms. The first-order valence-corrected chi connectivity index (χ1v) is 5.40. The zero-order valence-corrected chi connectivity index (χ0v) is 7.63. The second-order valence-corrected chi connectivity index (χ2v) is 4.59. The summed E-state index contributed by atoms with van der Waals surface area (Å²) in [5.41, 5.74) is 0. The summed E-state index contributed by atoms with van der Waals surface area (Å²) >= 11 is 0. The van der Waals surface area contributed by atoms with Crippen LogP contribution in [0.15, 0.2) is 0 Å². The molecule has 1 saturated heterocycles. The first-order chi connectivity index (χ1) is 5.95. The van der Waals surface area contributed by atoms with E-state index in [9.17, 15) is 0 Å². The van der Waals surface area contributed by atoms with Gasteiger partial charge in [-0.1, -0.05) is 0 Å². The number of nitrogens with zero attached hydrogens (tertiary/aromatic N) is 1. The van der Waals surface area contributed by atoms with Gasteiger partial charge in [-0.3, -0.25) is 4.90 Å². The molecule has 3 fully saturated rings. The van der Waals surface area contributed by atoms with E-state index in [0.717, 1.165) is 17.9 Å². The maximum absolute atomic E-state index is 3.42. The number of piperazine rings is 1. The number of nitrogens with one attached hydrogen (secondary N) is 1. The van der Waals surface area contributed by atoms with Crippen LogP contribution in [0, 0.1) is 11.8 Å². The minimum atomic E-state index is 0.983. The Morgan fingerprint density at radius 1 is 1.08 bits per heavy atom. The lowest BCUT2D eigenvalue weighted by molar-refractivity contribution is 0.160. The Bertz CT molecular complexity index is 175. The van der Waals surface area contributed by atoms with Crippen LogP contribution >= 0.6 is 0 Å². The molecule has 2 nitrogen and oxygen atoms in total. The predicted molar refractivity (Wildman–Crippen MR) is 49.1 cm³/mol. The van der Waals surface area contributed by atoms with Crippen molar-refractivity contribution in [1.82, 2.24) is 10.2 Å². The summed E-state index contributed by atoms with van der Waals surface area (Å²) < 4.78 is 0. The Kier molecular flexibility index (Phi) is 1.66. The normalized spacial score (nSPS) is 47.5. The molecular formula is C10H18N2. The van der Waals surface area contributed by atoms with Gasteiger partial charge in [0.1, 0.15) is 0 Å². The first-order valence-electron chi connectivity index (χ1n) is 5.40. The fourth-order valence-electron chi connectivity index (χ4n) is 3.14.